The van der Waals surface area contributed by atoms with Gasteiger partial charge in [0.15, 0.2) is 0 Å². The second-order valence-electron chi connectivity index (χ2n) is 5.85. The minimum atomic E-state index is 0.730. The van der Waals surface area contributed by atoms with Crippen molar-refractivity contribution in [3.8, 4) is 0 Å². The lowest BCUT2D eigenvalue weighted by molar-refractivity contribution is 0.231. The van der Waals surface area contributed by atoms with Gasteiger partial charge in [0.25, 0.3) is 0 Å². The maximum Gasteiger partial charge on any atom is 0.0951 e. The summed E-state index contributed by atoms with van der Waals surface area (Å²) in [5.74, 6) is 0. The normalized spacial score (nSPS) is 23.2. The van der Waals surface area contributed by atoms with E-state index in [9.17, 15) is 0 Å². The molecule has 2 fully saturated rings. The lowest BCUT2D eigenvalue weighted by atomic mass is 10.1. The lowest BCUT2D eigenvalue weighted by Gasteiger charge is -2.39. The van der Waals surface area contributed by atoms with Crippen molar-refractivity contribution in [1.29, 1.82) is 0 Å². The highest BCUT2D eigenvalue weighted by Crippen LogP contribution is 2.31. The molecule has 0 bridgehead atoms. The SMILES string of the molecule is Nc1cccc2c(N3CCN4CCCC4C3)ccnc12. The van der Waals surface area contributed by atoms with E-state index < -0.39 is 0 Å². The van der Waals surface area contributed by atoms with Crippen LogP contribution in [0.15, 0.2) is 30.5 Å². The molecule has 0 radical (unpaired) electrons. The number of hydrogen-bond acceptors (Lipinski definition) is 4. The van der Waals surface area contributed by atoms with Crippen molar-refractivity contribution in [1.82, 2.24) is 9.88 Å². The van der Waals surface area contributed by atoms with Crippen LogP contribution in [-0.2, 0) is 0 Å². The molecule has 0 spiro atoms. The van der Waals surface area contributed by atoms with Crippen molar-refractivity contribution in [2.75, 3.05) is 36.8 Å². The smallest absolute Gasteiger partial charge is 0.0951 e. The Morgan fingerprint density at radius 2 is 2.10 bits per heavy atom. The second-order valence-corrected chi connectivity index (χ2v) is 5.85. The number of pyridine rings is 1. The number of nitrogens with two attached hydrogens (primary N) is 1. The first-order chi connectivity index (χ1) is 9.83. The molecule has 3 heterocycles. The van der Waals surface area contributed by atoms with Crippen LogP contribution in [0.2, 0.25) is 0 Å². The third-order valence-electron chi connectivity index (χ3n) is 4.71. The number of fused-ring (bicyclic) bond motifs is 2. The molecule has 0 aliphatic carbocycles. The van der Waals surface area contributed by atoms with Crippen LogP contribution in [0, 0.1) is 0 Å². The first-order valence-electron chi connectivity index (χ1n) is 7.45. The van der Waals surface area contributed by atoms with Gasteiger partial charge in [0, 0.05) is 42.9 Å². The lowest BCUT2D eigenvalue weighted by Crippen LogP contribution is -2.50. The van der Waals surface area contributed by atoms with Crippen molar-refractivity contribution in [2.24, 2.45) is 0 Å². The average Bonchev–Trinajstić information content (AvgIpc) is 2.94. The Balaban J connectivity index is 1.73. The molecule has 2 N–H and O–H groups in total. The van der Waals surface area contributed by atoms with E-state index in [1.54, 1.807) is 0 Å². The number of para-hydroxylation sites is 1. The third-order valence-corrected chi connectivity index (χ3v) is 4.71. The molecule has 1 atom stereocenters. The van der Waals surface area contributed by atoms with Crippen LogP contribution in [0.3, 0.4) is 0 Å². The van der Waals surface area contributed by atoms with E-state index in [-0.39, 0.29) is 0 Å². The van der Waals surface area contributed by atoms with Crippen molar-refractivity contribution in [3.05, 3.63) is 30.5 Å². The fourth-order valence-electron chi connectivity index (χ4n) is 3.67. The summed E-state index contributed by atoms with van der Waals surface area (Å²) in [7, 11) is 0. The molecule has 2 aliphatic rings. The molecule has 4 heteroatoms. The summed E-state index contributed by atoms with van der Waals surface area (Å²) >= 11 is 0. The maximum absolute atomic E-state index is 6.05. The quantitative estimate of drug-likeness (QED) is 0.805. The fraction of sp³-hybridized carbons (Fsp3) is 0.438. The molecule has 104 valence electrons. The summed E-state index contributed by atoms with van der Waals surface area (Å²) in [6.45, 7) is 4.69. The Hall–Kier alpha value is -1.81. The van der Waals surface area contributed by atoms with Crippen LogP contribution in [0.1, 0.15) is 12.8 Å². The highest BCUT2D eigenvalue weighted by atomic mass is 15.3. The van der Waals surface area contributed by atoms with E-state index in [2.05, 4.69) is 26.9 Å². The third kappa shape index (κ3) is 1.83. The number of aromatic nitrogens is 1. The first-order valence-corrected chi connectivity index (χ1v) is 7.45. The summed E-state index contributed by atoms with van der Waals surface area (Å²) in [5.41, 5.74) is 9.03. The Kier molecular flexibility index (Phi) is 2.77. The van der Waals surface area contributed by atoms with E-state index in [1.807, 2.05) is 18.3 Å². The molecule has 2 aliphatic heterocycles. The zero-order valence-corrected chi connectivity index (χ0v) is 11.6. The van der Waals surface area contributed by atoms with Gasteiger partial charge < -0.3 is 10.6 Å². The standard InChI is InChI=1S/C16H20N4/c17-14-5-1-4-13-15(6-7-18-16(13)14)20-10-9-19-8-2-3-12(19)11-20/h1,4-7,12H,2-3,8-11,17H2. The fourth-order valence-corrected chi connectivity index (χ4v) is 3.67. The van der Waals surface area contributed by atoms with Gasteiger partial charge in [0.1, 0.15) is 0 Å². The van der Waals surface area contributed by atoms with Crippen molar-refractivity contribution < 1.29 is 0 Å². The number of piperazine rings is 1. The summed E-state index contributed by atoms with van der Waals surface area (Å²) in [4.78, 5) is 9.58. The van der Waals surface area contributed by atoms with Gasteiger partial charge in [0.2, 0.25) is 0 Å². The van der Waals surface area contributed by atoms with Crippen LogP contribution < -0.4 is 10.6 Å². The van der Waals surface area contributed by atoms with Crippen LogP contribution in [-0.4, -0.2) is 42.1 Å². The van der Waals surface area contributed by atoms with Gasteiger partial charge >= 0.3 is 0 Å². The van der Waals surface area contributed by atoms with Gasteiger partial charge in [-0.05, 0) is 31.5 Å². The topological polar surface area (TPSA) is 45.4 Å². The predicted molar refractivity (Wildman–Crippen MR) is 83.0 cm³/mol. The molecule has 0 saturated carbocycles. The van der Waals surface area contributed by atoms with E-state index in [0.717, 1.165) is 30.3 Å². The Morgan fingerprint density at radius 1 is 1.15 bits per heavy atom. The van der Waals surface area contributed by atoms with Crippen LogP contribution in [0.25, 0.3) is 10.9 Å². The molecular formula is C16H20N4. The highest BCUT2D eigenvalue weighted by molar-refractivity contribution is 5.98. The van der Waals surface area contributed by atoms with Crippen molar-refractivity contribution in [2.45, 2.75) is 18.9 Å². The number of rotatable bonds is 1. The van der Waals surface area contributed by atoms with Crippen LogP contribution in [0.5, 0.6) is 0 Å². The van der Waals surface area contributed by atoms with Gasteiger partial charge in [-0.1, -0.05) is 12.1 Å². The van der Waals surface area contributed by atoms with Gasteiger partial charge in [-0.2, -0.15) is 0 Å². The molecule has 2 aromatic rings. The minimum absolute atomic E-state index is 0.730. The molecule has 20 heavy (non-hydrogen) atoms. The summed E-state index contributed by atoms with van der Waals surface area (Å²) in [5, 5.41) is 1.18. The Morgan fingerprint density at radius 3 is 3.05 bits per heavy atom. The number of benzene rings is 1. The number of nitrogens with zero attached hydrogens (tertiary/aromatic N) is 3. The van der Waals surface area contributed by atoms with Crippen molar-refractivity contribution >= 4 is 22.3 Å². The van der Waals surface area contributed by atoms with E-state index in [4.69, 9.17) is 5.73 Å². The summed E-state index contributed by atoms with van der Waals surface area (Å²) < 4.78 is 0. The highest BCUT2D eigenvalue weighted by Gasteiger charge is 2.31. The van der Waals surface area contributed by atoms with Gasteiger partial charge in [-0.3, -0.25) is 9.88 Å². The van der Waals surface area contributed by atoms with Crippen LogP contribution >= 0.6 is 0 Å². The minimum Gasteiger partial charge on any atom is -0.397 e. The summed E-state index contributed by atoms with van der Waals surface area (Å²) in [6, 6.07) is 8.94. The van der Waals surface area contributed by atoms with Gasteiger partial charge in [0.05, 0.1) is 11.2 Å². The Bertz CT molecular complexity index is 639. The molecule has 2 saturated heterocycles. The van der Waals surface area contributed by atoms with Gasteiger partial charge in [-0.15, -0.1) is 0 Å². The average molecular weight is 268 g/mol. The molecule has 1 aromatic heterocycles. The van der Waals surface area contributed by atoms with Gasteiger partial charge in [-0.25, -0.2) is 0 Å². The van der Waals surface area contributed by atoms with E-state index >= 15 is 0 Å². The van der Waals surface area contributed by atoms with E-state index in [1.165, 1.54) is 37.0 Å². The summed E-state index contributed by atoms with van der Waals surface area (Å²) in [6.07, 6.45) is 4.57. The number of anilines is 2. The maximum atomic E-state index is 6.05. The second kappa shape index (κ2) is 4.63. The molecule has 0 amide bonds. The zero-order chi connectivity index (χ0) is 13.5. The molecular weight excluding hydrogens is 248 g/mol. The van der Waals surface area contributed by atoms with Crippen molar-refractivity contribution in [3.63, 3.8) is 0 Å². The molecule has 4 nitrogen and oxygen atoms in total. The molecule has 1 aromatic carbocycles. The zero-order valence-electron chi connectivity index (χ0n) is 11.6. The monoisotopic (exact) mass is 268 g/mol. The number of hydrogen-bond donors (Lipinski definition) is 1. The predicted octanol–water partition coefficient (Wildman–Crippen LogP) is 2.10. The molecule has 1 unspecified atom stereocenters. The van der Waals surface area contributed by atoms with E-state index in [0.29, 0.717) is 0 Å². The number of nitrogen functional groups attached to an aromatic ring is 1. The molecule has 4 rings (SSSR count). The largest absolute Gasteiger partial charge is 0.397 e. The Labute approximate surface area is 119 Å². The van der Waals surface area contributed by atoms with Crippen LogP contribution in [0.4, 0.5) is 11.4 Å². The first kappa shape index (κ1) is 12.0.